The Morgan fingerprint density at radius 3 is 2.64 bits per heavy atom. The summed E-state index contributed by atoms with van der Waals surface area (Å²) < 4.78 is 14.3. The van der Waals surface area contributed by atoms with Gasteiger partial charge in [-0.15, -0.1) is 0 Å². The minimum Gasteiger partial charge on any atom is -0.478 e. The third-order valence-corrected chi connectivity index (χ3v) is 1.52. The zero-order valence-corrected chi connectivity index (χ0v) is 6.16. The second-order valence-electron chi connectivity index (χ2n) is 2.34. The third kappa shape index (κ3) is 1.40. The van der Waals surface area contributed by atoms with Gasteiger partial charge in [0, 0.05) is 2.74 Å². The van der Waals surface area contributed by atoms with E-state index in [9.17, 15) is 4.79 Å². The van der Waals surface area contributed by atoms with Gasteiger partial charge < -0.3 is 5.11 Å². The maximum absolute atomic E-state index is 10.8. The number of hydrogen-bond donors (Lipinski definition) is 1. The van der Waals surface area contributed by atoms with E-state index in [4.69, 9.17) is 7.85 Å². The maximum Gasteiger partial charge on any atom is 0.336 e. The molecule has 0 aliphatic rings. The van der Waals surface area contributed by atoms with E-state index in [1.54, 1.807) is 19.1 Å². The standard InChI is InChI=1S/C9H10O2/c1-6-4-3-5-7(2)8(6)9(10)11/h3-5H,1-2H3,(H,10,11)/i1D2. The SMILES string of the molecule is [2H]C([2H])c1cccc(C)c1C(=O)O. The summed E-state index contributed by atoms with van der Waals surface area (Å²) in [5.74, 6) is -1.07. The summed E-state index contributed by atoms with van der Waals surface area (Å²) in [5.41, 5.74) is 0.916. The minimum absolute atomic E-state index is 0.0810. The average Bonchev–Trinajstić information content (AvgIpc) is 2.02. The molecule has 0 atom stereocenters. The smallest absolute Gasteiger partial charge is 0.336 e. The summed E-state index contributed by atoms with van der Waals surface area (Å²) in [6.07, 6.45) is 0. The van der Waals surface area contributed by atoms with Gasteiger partial charge in [0.05, 0.1) is 5.56 Å². The Hall–Kier alpha value is -1.31. The predicted octanol–water partition coefficient (Wildman–Crippen LogP) is 2.00. The van der Waals surface area contributed by atoms with Crippen LogP contribution in [0, 0.1) is 13.8 Å². The van der Waals surface area contributed by atoms with Crippen molar-refractivity contribution >= 4 is 5.97 Å². The van der Waals surface area contributed by atoms with E-state index in [-0.39, 0.29) is 11.1 Å². The van der Waals surface area contributed by atoms with Crippen LogP contribution in [0.15, 0.2) is 18.2 Å². The molecule has 0 spiro atoms. The van der Waals surface area contributed by atoms with Crippen molar-refractivity contribution in [2.75, 3.05) is 0 Å². The molecule has 0 unspecified atom stereocenters. The molecule has 1 rings (SSSR count). The number of aryl methyl sites for hydroxylation is 2. The fourth-order valence-corrected chi connectivity index (χ4v) is 0.983. The molecular formula is C9H10O2. The highest BCUT2D eigenvalue weighted by molar-refractivity contribution is 5.90. The Morgan fingerprint density at radius 1 is 1.55 bits per heavy atom. The second kappa shape index (κ2) is 2.74. The highest BCUT2D eigenvalue weighted by Crippen LogP contribution is 2.12. The van der Waals surface area contributed by atoms with Gasteiger partial charge in [-0.25, -0.2) is 4.79 Å². The molecule has 0 heterocycles. The molecule has 0 saturated carbocycles. The number of hydrogen-bond acceptors (Lipinski definition) is 1. The van der Waals surface area contributed by atoms with Gasteiger partial charge in [-0.3, -0.25) is 0 Å². The van der Waals surface area contributed by atoms with Crippen molar-refractivity contribution in [2.45, 2.75) is 13.8 Å². The van der Waals surface area contributed by atoms with E-state index < -0.39 is 12.8 Å². The van der Waals surface area contributed by atoms with Crippen molar-refractivity contribution in [1.82, 2.24) is 0 Å². The van der Waals surface area contributed by atoms with E-state index in [1.165, 1.54) is 6.07 Å². The summed E-state index contributed by atoms with van der Waals surface area (Å²) in [6.45, 7) is 0.418. The number of carboxylic acid groups (broad SMARTS) is 1. The molecule has 2 heteroatoms. The molecule has 0 fully saturated rings. The van der Waals surface area contributed by atoms with Crippen LogP contribution in [0.4, 0.5) is 0 Å². The Labute approximate surface area is 68.3 Å². The molecule has 0 saturated heterocycles. The summed E-state index contributed by atoms with van der Waals surface area (Å²) in [6, 6.07) is 4.82. The molecule has 0 aliphatic carbocycles. The van der Waals surface area contributed by atoms with Crippen molar-refractivity contribution in [3.63, 3.8) is 0 Å². The summed E-state index contributed by atoms with van der Waals surface area (Å²) in [4.78, 5) is 10.8. The number of carboxylic acids is 1. The summed E-state index contributed by atoms with van der Waals surface area (Å²) in [5, 5.41) is 8.83. The predicted molar refractivity (Wildman–Crippen MR) is 42.9 cm³/mol. The average molecular weight is 152 g/mol. The molecule has 0 aromatic heterocycles. The van der Waals surface area contributed by atoms with Crippen molar-refractivity contribution in [3.05, 3.63) is 34.9 Å². The molecule has 1 N–H and O–H groups in total. The Balaban J connectivity index is 3.34. The van der Waals surface area contributed by atoms with Gasteiger partial charge in [0.2, 0.25) is 0 Å². The quantitative estimate of drug-likeness (QED) is 0.668. The van der Waals surface area contributed by atoms with Crippen molar-refractivity contribution in [1.29, 1.82) is 0 Å². The van der Waals surface area contributed by atoms with Crippen LogP contribution in [-0.2, 0) is 0 Å². The highest BCUT2D eigenvalue weighted by Gasteiger charge is 2.08. The summed E-state index contributed by atoms with van der Waals surface area (Å²) in [7, 11) is 0. The molecule has 0 bridgehead atoms. The number of rotatable bonds is 1. The molecule has 1 aromatic rings. The molecule has 2 nitrogen and oxygen atoms in total. The lowest BCUT2D eigenvalue weighted by atomic mass is 10.0. The van der Waals surface area contributed by atoms with E-state index >= 15 is 0 Å². The van der Waals surface area contributed by atoms with E-state index in [2.05, 4.69) is 0 Å². The molecule has 0 radical (unpaired) electrons. The van der Waals surface area contributed by atoms with Crippen LogP contribution in [0.25, 0.3) is 0 Å². The van der Waals surface area contributed by atoms with Gasteiger partial charge in [-0.05, 0) is 24.9 Å². The first-order valence-electron chi connectivity index (χ1n) is 4.37. The van der Waals surface area contributed by atoms with Crippen LogP contribution in [0.2, 0.25) is 0 Å². The normalized spacial score (nSPS) is 12.5. The first-order valence-corrected chi connectivity index (χ1v) is 3.21. The summed E-state index contributed by atoms with van der Waals surface area (Å²) >= 11 is 0. The Kier molecular flexibility index (Phi) is 1.33. The highest BCUT2D eigenvalue weighted by atomic mass is 16.4. The fourth-order valence-electron chi connectivity index (χ4n) is 0.983. The number of benzene rings is 1. The van der Waals surface area contributed by atoms with E-state index in [1.807, 2.05) is 0 Å². The van der Waals surface area contributed by atoms with Gasteiger partial charge in [0.1, 0.15) is 0 Å². The zero-order valence-electron chi connectivity index (χ0n) is 8.16. The van der Waals surface area contributed by atoms with Gasteiger partial charge in [-0.1, -0.05) is 18.2 Å². The Bertz CT molecular complexity index is 334. The van der Waals surface area contributed by atoms with E-state index in [0.29, 0.717) is 5.56 Å². The minimum atomic E-state index is -1.24. The number of aromatic carboxylic acids is 1. The van der Waals surface area contributed by atoms with Crippen LogP contribution in [-0.4, -0.2) is 11.1 Å². The largest absolute Gasteiger partial charge is 0.478 e. The monoisotopic (exact) mass is 152 g/mol. The van der Waals surface area contributed by atoms with Crippen LogP contribution < -0.4 is 0 Å². The molecular weight excluding hydrogens is 140 g/mol. The fraction of sp³-hybridized carbons (Fsp3) is 0.222. The lowest BCUT2D eigenvalue weighted by Crippen LogP contribution is -2.01. The molecule has 1 aromatic carbocycles. The van der Waals surface area contributed by atoms with Crippen LogP contribution in [0.3, 0.4) is 0 Å². The maximum atomic E-state index is 10.8. The number of carbonyl (C=O) groups is 1. The third-order valence-electron chi connectivity index (χ3n) is 1.52. The second-order valence-corrected chi connectivity index (χ2v) is 2.34. The van der Waals surface area contributed by atoms with Crippen LogP contribution in [0.1, 0.15) is 24.2 Å². The van der Waals surface area contributed by atoms with E-state index in [0.717, 1.165) is 0 Å². The van der Waals surface area contributed by atoms with Crippen molar-refractivity contribution in [3.8, 4) is 0 Å². The van der Waals surface area contributed by atoms with Gasteiger partial charge in [0.15, 0.2) is 0 Å². The van der Waals surface area contributed by atoms with Gasteiger partial charge >= 0.3 is 5.97 Å². The lowest BCUT2D eigenvalue weighted by Gasteiger charge is -2.02. The molecule has 0 amide bonds. The molecule has 58 valence electrons. The van der Waals surface area contributed by atoms with Gasteiger partial charge in [0.25, 0.3) is 0 Å². The lowest BCUT2D eigenvalue weighted by molar-refractivity contribution is 0.0695. The van der Waals surface area contributed by atoms with Gasteiger partial charge in [-0.2, -0.15) is 0 Å². The van der Waals surface area contributed by atoms with Crippen LogP contribution >= 0.6 is 0 Å². The van der Waals surface area contributed by atoms with Crippen molar-refractivity contribution < 1.29 is 12.6 Å². The molecule has 0 aliphatic heterocycles. The topological polar surface area (TPSA) is 37.3 Å². The first-order chi connectivity index (χ1) is 6.04. The van der Waals surface area contributed by atoms with Crippen molar-refractivity contribution in [2.24, 2.45) is 0 Å². The molecule has 11 heavy (non-hydrogen) atoms. The Morgan fingerprint density at radius 2 is 2.18 bits per heavy atom. The first kappa shape index (κ1) is 5.35. The zero-order chi connectivity index (χ0) is 10.0. The van der Waals surface area contributed by atoms with Crippen LogP contribution in [0.5, 0.6) is 0 Å².